The van der Waals surface area contributed by atoms with E-state index in [1.54, 1.807) is 6.07 Å². The summed E-state index contributed by atoms with van der Waals surface area (Å²) >= 11 is 0. The fraction of sp³-hybridized carbons (Fsp3) is 0.444. The molecule has 1 aliphatic heterocycles. The normalized spacial score (nSPS) is 21.7. The monoisotopic (exact) mass is 149 g/mol. The van der Waals surface area contributed by atoms with Crippen LogP contribution >= 0.6 is 0 Å². The fourth-order valence-electron chi connectivity index (χ4n) is 1.73. The average Bonchev–Trinajstić information content (AvgIpc) is 2.34. The minimum atomic E-state index is 0.146. The zero-order valence-corrected chi connectivity index (χ0v) is 6.58. The number of nitrogens with zero attached hydrogens (tertiary/aromatic N) is 1. The zero-order chi connectivity index (χ0) is 7.84. The van der Waals surface area contributed by atoms with Crippen molar-refractivity contribution in [1.29, 1.82) is 0 Å². The number of hydrogen-bond acceptors (Lipinski definition) is 1. The van der Waals surface area contributed by atoms with E-state index in [2.05, 4.69) is 6.92 Å². The Labute approximate surface area is 65.5 Å². The van der Waals surface area contributed by atoms with Gasteiger partial charge in [-0.05, 0) is 25.8 Å². The van der Waals surface area contributed by atoms with E-state index in [9.17, 15) is 4.79 Å². The van der Waals surface area contributed by atoms with E-state index >= 15 is 0 Å². The highest BCUT2D eigenvalue weighted by Gasteiger charge is 2.17. The van der Waals surface area contributed by atoms with Gasteiger partial charge in [-0.3, -0.25) is 4.79 Å². The fourth-order valence-corrected chi connectivity index (χ4v) is 1.73. The molecule has 0 N–H and O–H groups in total. The quantitative estimate of drug-likeness (QED) is 0.546. The number of aryl methyl sites for hydroxylation is 1. The maximum Gasteiger partial charge on any atom is 0.250 e. The van der Waals surface area contributed by atoms with Gasteiger partial charge in [0.25, 0.3) is 5.56 Å². The first-order chi connectivity index (χ1) is 5.29. The Bertz CT molecular complexity index is 327. The van der Waals surface area contributed by atoms with Crippen molar-refractivity contribution in [2.45, 2.75) is 25.8 Å². The predicted octanol–water partition coefficient (Wildman–Crippen LogP) is 1.36. The summed E-state index contributed by atoms with van der Waals surface area (Å²) < 4.78 is 1.89. The molecule has 2 heteroatoms. The second-order valence-corrected chi connectivity index (χ2v) is 3.11. The van der Waals surface area contributed by atoms with Crippen molar-refractivity contribution in [2.24, 2.45) is 0 Å². The number of pyridine rings is 1. The van der Waals surface area contributed by atoms with Gasteiger partial charge in [0.05, 0.1) is 0 Å². The minimum absolute atomic E-state index is 0.146. The van der Waals surface area contributed by atoms with E-state index in [-0.39, 0.29) is 5.56 Å². The topological polar surface area (TPSA) is 22.0 Å². The highest BCUT2D eigenvalue weighted by atomic mass is 16.1. The molecular formula is C9H11NO. The second kappa shape index (κ2) is 2.22. The second-order valence-electron chi connectivity index (χ2n) is 3.11. The van der Waals surface area contributed by atoms with Gasteiger partial charge in [-0.25, -0.2) is 0 Å². The molecular weight excluding hydrogens is 138 g/mol. The summed E-state index contributed by atoms with van der Waals surface area (Å²) in [6.45, 7) is 2.10. The zero-order valence-electron chi connectivity index (χ0n) is 6.58. The van der Waals surface area contributed by atoms with Gasteiger partial charge in [0.15, 0.2) is 0 Å². The molecule has 2 heterocycles. The van der Waals surface area contributed by atoms with Crippen LogP contribution in [0.2, 0.25) is 0 Å². The Hall–Kier alpha value is -1.05. The van der Waals surface area contributed by atoms with Gasteiger partial charge in [-0.15, -0.1) is 0 Å². The van der Waals surface area contributed by atoms with E-state index in [1.165, 1.54) is 5.69 Å². The lowest BCUT2D eigenvalue weighted by Gasteiger charge is -2.06. The Morgan fingerprint density at radius 3 is 3.09 bits per heavy atom. The van der Waals surface area contributed by atoms with Crippen LogP contribution in [0.25, 0.3) is 0 Å². The summed E-state index contributed by atoms with van der Waals surface area (Å²) in [7, 11) is 0. The van der Waals surface area contributed by atoms with E-state index in [0.717, 1.165) is 12.8 Å². The van der Waals surface area contributed by atoms with Crippen LogP contribution in [0.5, 0.6) is 0 Å². The number of hydrogen-bond donors (Lipinski definition) is 0. The molecule has 0 bridgehead atoms. The molecule has 2 nitrogen and oxygen atoms in total. The first-order valence-electron chi connectivity index (χ1n) is 3.99. The van der Waals surface area contributed by atoms with Gasteiger partial charge < -0.3 is 4.57 Å². The average molecular weight is 149 g/mol. The van der Waals surface area contributed by atoms with Gasteiger partial charge in [0.1, 0.15) is 0 Å². The number of aromatic nitrogens is 1. The summed E-state index contributed by atoms with van der Waals surface area (Å²) in [5.41, 5.74) is 1.33. The third-order valence-corrected chi connectivity index (χ3v) is 2.33. The lowest BCUT2D eigenvalue weighted by molar-refractivity contribution is 0.563. The molecule has 0 fully saturated rings. The minimum Gasteiger partial charge on any atom is -0.310 e. The number of rotatable bonds is 0. The van der Waals surface area contributed by atoms with Crippen LogP contribution in [0, 0.1) is 0 Å². The molecule has 58 valence electrons. The maximum absolute atomic E-state index is 11.3. The molecule has 1 atom stereocenters. The highest BCUT2D eigenvalue weighted by Crippen LogP contribution is 2.21. The molecule has 2 rings (SSSR count). The molecule has 1 aromatic rings. The summed E-state index contributed by atoms with van der Waals surface area (Å²) in [5.74, 6) is 0. The molecule has 1 aliphatic rings. The summed E-state index contributed by atoms with van der Waals surface area (Å²) in [6.07, 6.45) is 2.16. The molecule has 0 saturated heterocycles. The smallest absolute Gasteiger partial charge is 0.250 e. The van der Waals surface area contributed by atoms with Crippen molar-refractivity contribution in [3.05, 3.63) is 34.2 Å². The Morgan fingerprint density at radius 1 is 1.55 bits per heavy atom. The summed E-state index contributed by atoms with van der Waals surface area (Å²) in [4.78, 5) is 11.3. The molecule has 1 aromatic heterocycles. The first-order valence-corrected chi connectivity index (χ1v) is 3.99. The van der Waals surface area contributed by atoms with Crippen LogP contribution in [0.3, 0.4) is 0 Å². The van der Waals surface area contributed by atoms with Crippen LogP contribution in [0.15, 0.2) is 23.0 Å². The van der Waals surface area contributed by atoms with E-state index < -0.39 is 0 Å². The summed E-state index contributed by atoms with van der Waals surface area (Å²) in [6, 6.07) is 5.90. The van der Waals surface area contributed by atoms with Gasteiger partial charge in [-0.2, -0.15) is 0 Å². The predicted molar refractivity (Wildman–Crippen MR) is 43.7 cm³/mol. The standard InChI is InChI=1S/C9H11NO/c1-7-5-6-8-3-2-4-9(11)10(7)8/h2-4,7H,5-6H2,1H3. The van der Waals surface area contributed by atoms with Crippen LogP contribution in [0.4, 0.5) is 0 Å². The Balaban J connectivity index is 2.68. The van der Waals surface area contributed by atoms with Crippen molar-refractivity contribution in [3.8, 4) is 0 Å². The molecule has 0 aromatic carbocycles. The van der Waals surface area contributed by atoms with Crippen molar-refractivity contribution in [1.82, 2.24) is 4.57 Å². The van der Waals surface area contributed by atoms with Gasteiger partial charge in [0.2, 0.25) is 0 Å². The molecule has 0 amide bonds. The third kappa shape index (κ3) is 0.897. The van der Waals surface area contributed by atoms with Crippen molar-refractivity contribution in [3.63, 3.8) is 0 Å². The van der Waals surface area contributed by atoms with E-state index in [0.29, 0.717) is 6.04 Å². The van der Waals surface area contributed by atoms with E-state index in [4.69, 9.17) is 0 Å². The Morgan fingerprint density at radius 2 is 2.36 bits per heavy atom. The van der Waals surface area contributed by atoms with Gasteiger partial charge in [0, 0.05) is 17.8 Å². The molecule has 0 radical (unpaired) electrons. The largest absolute Gasteiger partial charge is 0.310 e. The van der Waals surface area contributed by atoms with Crippen LogP contribution in [0.1, 0.15) is 25.1 Å². The lowest BCUT2D eigenvalue weighted by atomic mass is 10.2. The van der Waals surface area contributed by atoms with Gasteiger partial charge in [-0.1, -0.05) is 6.07 Å². The van der Waals surface area contributed by atoms with E-state index in [1.807, 2.05) is 16.7 Å². The van der Waals surface area contributed by atoms with Crippen LogP contribution < -0.4 is 5.56 Å². The lowest BCUT2D eigenvalue weighted by Crippen LogP contribution is -2.19. The molecule has 0 saturated carbocycles. The maximum atomic E-state index is 11.3. The molecule has 0 aliphatic carbocycles. The molecule has 1 unspecified atom stereocenters. The first kappa shape index (κ1) is 6.65. The SMILES string of the molecule is CC1CCc2cccc(=O)n21. The molecule has 0 spiro atoms. The van der Waals surface area contributed by atoms with Crippen LogP contribution in [-0.2, 0) is 6.42 Å². The van der Waals surface area contributed by atoms with Gasteiger partial charge >= 0.3 is 0 Å². The summed E-state index contributed by atoms with van der Waals surface area (Å²) in [5, 5.41) is 0. The van der Waals surface area contributed by atoms with Crippen molar-refractivity contribution in [2.75, 3.05) is 0 Å². The third-order valence-electron chi connectivity index (χ3n) is 2.33. The number of fused-ring (bicyclic) bond motifs is 1. The Kier molecular flexibility index (Phi) is 1.34. The van der Waals surface area contributed by atoms with Crippen molar-refractivity contribution >= 4 is 0 Å². The van der Waals surface area contributed by atoms with Crippen molar-refractivity contribution < 1.29 is 0 Å². The highest BCUT2D eigenvalue weighted by molar-refractivity contribution is 5.11. The van der Waals surface area contributed by atoms with Crippen LogP contribution in [-0.4, -0.2) is 4.57 Å². The molecule has 11 heavy (non-hydrogen) atoms.